The molecule has 0 bridgehead atoms. The van der Waals surface area contributed by atoms with E-state index >= 15 is 0 Å². The summed E-state index contributed by atoms with van der Waals surface area (Å²) in [5.41, 5.74) is 2.61. The van der Waals surface area contributed by atoms with Gasteiger partial charge in [0.25, 0.3) is 5.91 Å². The molecule has 1 N–H and O–H groups in total. The topological polar surface area (TPSA) is 51.2 Å². The zero-order chi connectivity index (χ0) is 16.1. The van der Waals surface area contributed by atoms with Gasteiger partial charge in [0.15, 0.2) is 0 Å². The van der Waals surface area contributed by atoms with Crippen molar-refractivity contribution in [3.05, 3.63) is 72.4 Å². The zero-order valence-electron chi connectivity index (χ0n) is 12.9. The van der Waals surface area contributed by atoms with E-state index in [1.54, 1.807) is 13.1 Å². The van der Waals surface area contributed by atoms with Crippen molar-refractivity contribution in [2.75, 3.05) is 5.32 Å². The Bertz CT molecular complexity index is 803. The molecule has 1 aromatic heterocycles. The van der Waals surface area contributed by atoms with E-state index in [-0.39, 0.29) is 5.91 Å². The molecule has 0 aliphatic rings. The number of anilines is 1. The average Bonchev–Trinajstić information content (AvgIpc) is 2.60. The highest BCUT2D eigenvalue weighted by molar-refractivity contribution is 5.95. The largest absolute Gasteiger partial charge is 0.364 e. The number of benzene rings is 2. The van der Waals surface area contributed by atoms with Crippen molar-refractivity contribution in [3.63, 3.8) is 0 Å². The van der Waals surface area contributed by atoms with Crippen LogP contribution in [0.1, 0.15) is 12.5 Å². The first-order valence-corrected chi connectivity index (χ1v) is 7.53. The number of amides is 1. The number of hydrogen-bond donors (Lipinski definition) is 1. The van der Waals surface area contributed by atoms with Gasteiger partial charge in [-0.2, -0.15) is 0 Å². The lowest BCUT2D eigenvalue weighted by Crippen LogP contribution is -2.27. The van der Waals surface area contributed by atoms with E-state index in [1.807, 2.05) is 60.7 Å². The van der Waals surface area contributed by atoms with Crippen LogP contribution in [0.4, 0.5) is 5.69 Å². The minimum atomic E-state index is -0.540. The summed E-state index contributed by atoms with van der Waals surface area (Å²) in [5, 5.41) is 3.83. The summed E-state index contributed by atoms with van der Waals surface area (Å²) >= 11 is 0. The lowest BCUT2D eigenvalue weighted by molar-refractivity contribution is -0.127. The van der Waals surface area contributed by atoms with Gasteiger partial charge in [-0.05, 0) is 24.6 Å². The first-order valence-electron chi connectivity index (χ1n) is 7.53. The molecule has 0 saturated heterocycles. The molecular weight excluding hydrogens is 288 g/mol. The molecule has 0 aliphatic heterocycles. The molecule has 23 heavy (non-hydrogen) atoms. The van der Waals surface area contributed by atoms with Crippen LogP contribution in [0, 0.1) is 0 Å². The van der Waals surface area contributed by atoms with Crippen molar-refractivity contribution in [1.82, 2.24) is 4.98 Å². The lowest BCUT2D eigenvalue weighted by atomic mass is 10.2. The summed E-state index contributed by atoms with van der Waals surface area (Å²) in [4.78, 5) is 16.5. The molecule has 4 nitrogen and oxygen atoms in total. The van der Waals surface area contributed by atoms with Crippen LogP contribution in [0.25, 0.3) is 10.9 Å². The van der Waals surface area contributed by atoms with Gasteiger partial charge in [0.1, 0.15) is 6.10 Å². The van der Waals surface area contributed by atoms with Crippen molar-refractivity contribution in [2.24, 2.45) is 0 Å². The van der Waals surface area contributed by atoms with Crippen molar-refractivity contribution in [3.8, 4) is 0 Å². The maximum atomic E-state index is 12.2. The van der Waals surface area contributed by atoms with E-state index in [0.717, 1.165) is 16.5 Å². The fourth-order valence-corrected chi connectivity index (χ4v) is 2.25. The van der Waals surface area contributed by atoms with E-state index in [9.17, 15) is 4.79 Å². The van der Waals surface area contributed by atoms with E-state index in [2.05, 4.69) is 10.3 Å². The van der Waals surface area contributed by atoms with Crippen LogP contribution in [-0.2, 0) is 16.1 Å². The van der Waals surface area contributed by atoms with Gasteiger partial charge >= 0.3 is 0 Å². The van der Waals surface area contributed by atoms with E-state index in [4.69, 9.17) is 4.74 Å². The normalized spacial score (nSPS) is 12.0. The maximum absolute atomic E-state index is 12.2. The smallest absolute Gasteiger partial charge is 0.253 e. The Labute approximate surface area is 135 Å². The van der Waals surface area contributed by atoms with Crippen LogP contribution in [0.5, 0.6) is 0 Å². The second-order valence-corrected chi connectivity index (χ2v) is 5.34. The Morgan fingerprint density at radius 1 is 1.13 bits per heavy atom. The van der Waals surface area contributed by atoms with E-state index in [1.165, 1.54) is 0 Å². The number of fused-ring (bicyclic) bond motifs is 1. The predicted molar refractivity (Wildman–Crippen MR) is 91.1 cm³/mol. The van der Waals surface area contributed by atoms with Crippen LogP contribution >= 0.6 is 0 Å². The third-order valence-corrected chi connectivity index (χ3v) is 3.57. The van der Waals surface area contributed by atoms with Gasteiger partial charge in [-0.3, -0.25) is 9.78 Å². The highest BCUT2D eigenvalue weighted by atomic mass is 16.5. The molecular formula is C19H18N2O2. The van der Waals surface area contributed by atoms with Gasteiger partial charge in [0, 0.05) is 5.39 Å². The van der Waals surface area contributed by atoms with Gasteiger partial charge in [-0.15, -0.1) is 0 Å². The number of nitrogens with one attached hydrogen (secondary N) is 1. The molecule has 116 valence electrons. The minimum Gasteiger partial charge on any atom is -0.364 e. The highest BCUT2D eigenvalue weighted by Gasteiger charge is 2.14. The minimum absolute atomic E-state index is 0.182. The third-order valence-electron chi connectivity index (χ3n) is 3.57. The summed E-state index contributed by atoms with van der Waals surface area (Å²) in [5.74, 6) is -0.182. The van der Waals surface area contributed by atoms with Crippen molar-refractivity contribution >= 4 is 22.5 Å². The van der Waals surface area contributed by atoms with Crippen LogP contribution in [0.15, 0.2) is 66.9 Å². The lowest BCUT2D eigenvalue weighted by Gasteiger charge is -2.13. The first-order chi connectivity index (χ1) is 11.2. The molecule has 1 atom stereocenters. The zero-order valence-corrected chi connectivity index (χ0v) is 12.9. The van der Waals surface area contributed by atoms with E-state index in [0.29, 0.717) is 12.3 Å². The van der Waals surface area contributed by atoms with Gasteiger partial charge in [-0.1, -0.05) is 48.5 Å². The summed E-state index contributed by atoms with van der Waals surface area (Å²) in [6.07, 6.45) is 1.12. The monoisotopic (exact) mass is 306 g/mol. The van der Waals surface area contributed by atoms with Crippen LogP contribution in [0.3, 0.4) is 0 Å². The van der Waals surface area contributed by atoms with Crippen molar-refractivity contribution in [2.45, 2.75) is 19.6 Å². The Hall–Kier alpha value is -2.72. The SMILES string of the molecule is CC(OCc1ccccc1)C(=O)Nc1cnc2ccccc2c1. The Kier molecular flexibility index (Phi) is 4.64. The van der Waals surface area contributed by atoms with Crippen molar-refractivity contribution < 1.29 is 9.53 Å². The molecule has 3 rings (SSSR count). The molecule has 0 saturated carbocycles. The van der Waals surface area contributed by atoms with Crippen molar-refractivity contribution in [1.29, 1.82) is 0 Å². The molecule has 1 unspecified atom stereocenters. The van der Waals surface area contributed by atoms with Crippen LogP contribution in [-0.4, -0.2) is 17.0 Å². The first kappa shape index (κ1) is 15.2. The summed E-state index contributed by atoms with van der Waals surface area (Å²) in [7, 11) is 0. The van der Waals surface area contributed by atoms with Crippen LogP contribution in [0.2, 0.25) is 0 Å². The number of nitrogens with zero attached hydrogens (tertiary/aromatic N) is 1. The molecule has 0 fully saturated rings. The molecule has 0 radical (unpaired) electrons. The standard InChI is InChI=1S/C19H18N2O2/c1-14(23-13-15-7-3-2-4-8-15)19(22)21-17-11-16-9-5-6-10-18(16)20-12-17/h2-12,14H,13H2,1H3,(H,21,22). The fraction of sp³-hybridized carbons (Fsp3) is 0.158. The number of hydrogen-bond acceptors (Lipinski definition) is 3. The Morgan fingerprint density at radius 2 is 1.87 bits per heavy atom. The summed E-state index contributed by atoms with van der Waals surface area (Å²) in [6, 6.07) is 19.5. The number of carbonyl (C=O) groups is 1. The second-order valence-electron chi connectivity index (χ2n) is 5.34. The van der Waals surface area contributed by atoms with Gasteiger partial charge < -0.3 is 10.1 Å². The third kappa shape index (κ3) is 3.93. The Balaban J connectivity index is 1.60. The van der Waals surface area contributed by atoms with E-state index < -0.39 is 6.10 Å². The highest BCUT2D eigenvalue weighted by Crippen LogP contribution is 2.16. The molecule has 1 heterocycles. The summed E-state index contributed by atoms with van der Waals surface area (Å²) in [6.45, 7) is 2.15. The number of para-hydroxylation sites is 1. The molecule has 1 amide bonds. The van der Waals surface area contributed by atoms with Crippen LogP contribution < -0.4 is 5.32 Å². The molecule has 2 aromatic carbocycles. The average molecular weight is 306 g/mol. The summed E-state index contributed by atoms with van der Waals surface area (Å²) < 4.78 is 5.62. The number of aromatic nitrogens is 1. The number of pyridine rings is 1. The fourth-order valence-electron chi connectivity index (χ4n) is 2.25. The molecule has 4 heteroatoms. The second kappa shape index (κ2) is 7.03. The Morgan fingerprint density at radius 3 is 2.70 bits per heavy atom. The van der Waals surface area contributed by atoms with Gasteiger partial charge in [0.05, 0.1) is 24.0 Å². The molecule has 3 aromatic rings. The molecule has 0 aliphatic carbocycles. The maximum Gasteiger partial charge on any atom is 0.253 e. The number of rotatable bonds is 5. The predicted octanol–water partition coefficient (Wildman–Crippen LogP) is 3.78. The molecule has 0 spiro atoms. The number of carbonyl (C=O) groups excluding carboxylic acids is 1. The van der Waals surface area contributed by atoms with Gasteiger partial charge in [-0.25, -0.2) is 0 Å². The van der Waals surface area contributed by atoms with Gasteiger partial charge in [0.2, 0.25) is 0 Å². The number of ether oxygens (including phenoxy) is 1. The quantitative estimate of drug-likeness (QED) is 0.780.